The predicted octanol–water partition coefficient (Wildman–Crippen LogP) is 2.31. The van der Waals surface area contributed by atoms with Crippen LogP contribution in [-0.4, -0.2) is 35.8 Å². The molecule has 1 saturated heterocycles. The van der Waals surface area contributed by atoms with E-state index in [2.05, 4.69) is 21.8 Å². The van der Waals surface area contributed by atoms with Crippen LogP contribution in [0.3, 0.4) is 0 Å². The van der Waals surface area contributed by atoms with Gasteiger partial charge in [0.25, 0.3) is 0 Å². The minimum absolute atomic E-state index is 0.294. The number of rotatable bonds is 3. The maximum atomic E-state index is 6.01. The normalized spacial score (nSPS) is 20.6. The van der Waals surface area contributed by atoms with Crippen molar-refractivity contribution >= 4 is 17.4 Å². The van der Waals surface area contributed by atoms with E-state index in [0.29, 0.717) is 11.3 Å². The van der Waals surface area contributed by atoms with E-state index < -0.39 is 0 Å². The summed E-state index contributed by atoms with van der Waals surface area (Å²) >= 11 is 6.01. The van der Waals surface area contributed by atoms with Gasteiger partial charge in [-0.05, 0) is 6.42 Å². The van der Waals surface area contributed by atoms with E-state index >= 15 is 0 Å². The zero-order valence-corrected chi connectivity index (χ0v) is 11.1. The first-order valence-corrected chi connectivity index (χ1v) is 6.50. The summed E-state index contributed by atoms with van der Waals surface area (Å²) in [7, 11) is 0. The molecule has 1 aromatic rings. The number of morpholine rings is 1. The molecule has 1 aliphatic heterocycles. The molecule has 0 amide bonds. The van der Waals surface area contributed by atoms with Gasteiger partial charge in [-0.15, -0.1) is 0 Å². The van der Waals surface area contributed by atoms with E-state index in [9.17, 15) is 0 Å². The van der Waals surface area contributed by atoms with Crippen molar-refractivity contribution in [1.82, 2.24) is 9.97 Å². The molecular formula is C12H18ClN3O. The number of aryl methyl sites for hydroxylation is 1. The number of aromatic nitrogens is 2. The maximum absolute atomic E-state index is 6.01. The lowest BCUT2D eigenvalue weighted by atomic mass is 10.2. The zero-order chi connectivity index (χ0) is 12.3. The van der Waals surface area contributed by atoms with Crippen LogP contribution < -0.4 is 4.90 Å². The summed E-state index contributed by atoms with van der Waals surface area (Å²) in [4.78, 5) is 10.9. The highest BCUT2D eigenvalue weighted by Gasteiger charge is 2.20. The zero-order valence-electron chi connectivity index (χ0n) is 10.3. The molecule has 17 heavy (non-hydrogen) atoms. The molecule has 2 rings (SSSR count). The Bertz CT molecular complexity index is 386. The highest BCUT2D eigenvalue weighted by Crippen LogP contribution is 2.19. The molecule has 0 aromatic carbocycles. The third kappa shape index (κ3) is 3.07. The second-order valence-corrected chi connectivity index (χ2v) is 4.55. The van der Waals surface area contributed by atoms with Gasteiger partial charge in [-0.2, -0.15) is 0 Å². The minimum Gasteiger partial charge on any atom is -0.375 e. The molecule has 1 fully saturated rings. The summed E-state index contributed by atoms with van der Waals surface area (Å²) in [5.41, 5.74) is 0. The highest BCUT2D eigenvalue weighted by atomic mass is 35.5. The smallest absolute Gasteiger partial charge is 0.134 e. The lowest BCUT2D eigenvalue weighted by Crippen LogP contribution is -2.42. The summed E-state index contributed by atoms with van der Waals surface area (Å²) in [6, 6.07) is 1.83. The number of hydrogen-bond acceptors (Lipinski definition) is 4. The molecule has 4 nitrogen and oxygen atoms in total. The summed E-state index contributed by atoms with van der Waals surface area (Å²) in [5, 5.41) is 0.520. The molecule has 0 radical (unpaired) electrons. The quantitative estimate of drug-likeness (QED) is 0.777. The van der Waals surface area contributed by atoms with Crippen molar-refractivity contribution in [3.8, 4) is 0 Å². The van der Waals surface area contributed by atoms with E-state index in [1.807, 2.05) is 13.0 Å². The fraction of sp³-hybridized carbons (Fsp3) is 0.667. The standard InChI is InChI=1S/C12H18ClN3O/c1-3-9-8-16(5-6-17-9)12-7-10(13)14-11(4-2)15-12/h7,9H,3-6,8H2,1-2H3. The van der Waals surface area contributed by atoms with Crippen LogP contribution in [-0.2, 0) is 11.2 Å². The van der Waals surface area contributed by atoms with Crippen LogP contribution in [0.15, 0.2) is 6.07 Å². The monoisotopic (exact) mass is 255 g/mol. The summed E-state index contributed by atoms with van der Waals surface area (Å²) in [6.45, 7) is 6.67. The Labute approximate surface area is 107 Å². The van der Waals surface area contributed by atoms with Crippen molar-refractivity contribution in [2.75, 3.05) is 24.6 Å². The lowest BCUT2D eigenvalue weighted by molar-refractivity contribution is 0.0381. The molecule has 1 atom stereocenters. The molecule has 94 valence electrons. The SMILES string of the molecule is CCc1nc(Cl)cc(N2CCOC(CC)C2)n1. The molecule has 0 saturated carbocycles. The van der Waals surface area contributed by atoms with Gasteiger partial charge in [0, 0.05) is 25.6 Å². The van der Waals surface area contributed by atoms with E-state index in [-0.39, 0.29) is 0 Å². The Hall–Kier alpha value is -0.870. The third-order valence-electron chi connectivity index (χ3n) is 2.96. The van der Waals surface area contributed by atoms with Crippen molar-refractivity contribution in [1.29, 1.82) is 0 Å². The minimum atomic E-state index is 0.294. The fourth-order valence-electron chi connectivity index (χ4n) is 1.95. The predicted molar refractivity (Wildman–Crippen MR) is 68.7 cm³/mol. The van der Waals surface area contributed by atoms with Gasteiger partial charge < -0.3 is 9.64 Å². The van der Waals surface area contributed by atoms with Gasteiger partial charge in [0.1, 0.15) is 16.8 Å². The number of hydrogen-bond donors (Lipinski definition) is 0. The van der Waals surface area contributed by atoms with Crippen molar-refractivity contribution in [2.45, 2.75) is 32.8 Å². The molecule has 2 heterocycles. The van der Waals surface area contributed by atoms with Crippen LogP contribution in [0.5, 0.6) is 0 Å². The van der Waals surface area contributed by atoms with Gasteiger partial charge in [0.05, 0.1) is 12.7 Å². The average Bonchev–Trinajstić information content (AvgIpc) is 2.38. The Morgan fingerprint density at radius 3 is 3.00 bits per heavy atom. The van der Waals surface area contributed by atoms with Crippen LogP contribution in [0.2, 0.25) is 5.15 Å². The maximum Gasteiger partial charge on any atom is 0.134 e. The Balaban J connectivity index is 2.18. The molecular weight excluding hydrogens is 238 g/mol. The van der Waals surface area contributed by atoms with E-state index in [1.54, 1.807) is 0 Å². The topological polar surface area (TPSA) is 38.2 Å². The molecule has 1 unspecified atom stereocenters. The third-order valence-corrected chi connectivity index (χ3v) is 3.16. The molecule has 5 heteroatoms. The molecule has 0 N–H and O–H groups in total. The van der Waals surface area contributed by atoms with Gasteiger partial charge in [-0.1, -0.05) is 25.4 Å². The van der Waals surface area contributed by atoms with Crippen LogP contribution in [0.1, 0.15) is 26.1 Å². The van der Waals surface area contributed by atoms with Gasteiger partial charge in [-0.25, -0.2) is 9.97 Å². The van der Waals surface area contributed by atoms with Gasteiger partial charge in [-0.3, -0.25) is 0 Å². The Morgan fingerprint density at radius 2 is 2.29 bits per heavy atom. The van der Waals surface area contributed by atoms with Crippen molar-refractivity contribution in [2.24, 2.45) is 0 Å². The largest absolute Gasteiger partial charge is 0.375 e. The summed E-state index contributed by atoms with van der Waals surface area (Å²) < 4.78 is 5.65. The van der Waals surface area contributed by atoms with Crippen LogP contribution in [0.25, 0.3) is 0 Å². The number of nitrogens with zero attached hydrogens (tertiary/aromatic N) is 3. The van der Waals surface area contributed by atoms with Crippen LogP contribution >= 0.6 is 11.6 Å². The first-order chi connectivity index (χ1) is 8.22. The first-order valence-electron chi connectivity index (χ1n) is 6.13. The number of ether oxygens (including phenoxy) is 1. The van der Waals surface area contributed by atoms with E-state index in [4.69, 9.17) is 16.3 Å². The molecule has 0 bridgehead atoms. The highest BCUT2D eigenvalue weighted by molar-refractivity contribution is 6.29. The van der Waals surface area contributed by atoms with Crippen LogP contribution in [0.4, 0.5) is 5.82 Å². The van der Waals surface area contributed by atoms with Crippen molar-refractivity contribution in [3.05, 3.63) is 17.0 Å². The van der Waals surface area contributed by atoms with E-state index in [0.717, 1.165) is 44.2 Å². The summed E-state index contributed by atoms with van der Waals surface area (Å²) in [5.74, 6) is 1.72. The lowest BCUT2D eigenvalue weighted by Gasteiger charge is -2.33. The second-order valence-electron chi connectivity index (χ2n) is 4.17. The number of halogens is 1. The van der Waals surface area contributed by atoms with Gasteiger partial charge in [0.15, 0.2) is 0 Å². The van der Waals surface area contributed by atoms with E-state index in [1.165, 1.54) is 0 Å². The van der Waals surface area contributed by atoms with Crippen LogP contribution in [0, 0.1) is 0 Å². The first kappa shape index (κ1) is 12.6. The van der Waals surface area contributed by atoms with Crippen molar-refractivity contribution in [3.63, 3.8) is 0 Å². The van der Waals surface area contributed by atoms with Gasteiger partial charge in [0.2, 0.25) is 0 Å². The second kappa shape index (κ2) is 5.65. The molecule has 1 aromatic heterocycles. The fourth-order valence-corrected chi connectivity index (χ4v) is 2.14. The molecule has 0 aliphatic carbocycles. The Morgan fingerprint density at radius 1 is 1.47 bits per heavy atom. The number of anilines is 1. The molecule has 0 spiro atoms. The summed E-state index contributed by atoms with van der Waals surface area (Å²) in [6.07, 6.45) is 2.12. The van der Waals surface area contributed by atoms with Gasteiger partial charge >= 0.3 is 0 Å². The average molecular weight is 256 g/mol. The Kier molecular flexibility index (Phi) is 4.18. The van der Waals surface area contributed by atoms with Crippen molar-refractivity contribution < 1.29 is 4.74 Å². The molecule has 1 aliphatic rings.